The molecule has 2 bridgehead atoms. The molecule has 0 aromatic rings. The summed E-state index contributed by atoms with van der Waals surface area (Å²) < 4.78 is 28.9. The number of Topliss-reactive ketones (excluding diaryl/α,β-unsaturated/α-hetero) is 1. The number of ether oxygens (including phenoxy) is 5. The minimum absolute atomic E-state index is 0. The molecule has 5 N–H and O–H groups in total. The Hall–Kier alpha value is -3.23. The Morgan fingerprint density at radius 1 is 0.855 bits per heavy atom. The average molecular weight is 1180 g/mol. The number of ketones is 1. The average Bonchev–Trinajstić information content (AvgIpc) is 3.24. The van der Waals surface area contributed by atoms with Crippen molar-refractivity contribution in [3.8, 4) is 0 Å². The summed E-state index contributed by atoms with van der Waals surface area (Å²) in [4.78, 5) is 67.7. The summed E-state index contributed by atoms with van der Waals surface area (Å²) in [6.45, 7) is 15.3. The zero-order valence-electron chi connectivity index (χ0n) is 42.3. The number of carbonyl (C=O) groups excluding carboxylic acids is 5. The summed E-state index contributed by atoms with van der Waals surface area (Å²) in [7, 11) is 0. The zero-order valence-corrected chi connectivity index (χ0v) is 47.0. The number of fused-ring (bicyclic) bond motifs is 5. The van der Waals surface area contributed by atoms with Crippen LogP contribution in [0.15, 0.2) is 84.1 Å². The van der Waals surface area contributed by atoms with Crippen LogP contribution in [0, 0.1) is 60.8 Å². The van der Waals surface area contributed by atoms with Gasteiger partial charge < -0.3 is 49.4 Å². The molecule has 0 aromatic heterocycles. The van der Waals surface area contributed by atoms with E-state index in [-0.39, 0.29) is 74.7 Å². The summed E-state index contributed by atoms with van der Waals surface area (Å²) in [5, 5.41) is 51.2. The van der Waals surface area contributed by atoms with Crippen molar-refractivity contribution in [2.45, 2.75) is 193 Å². The van der Waals surface area contributed by atoms with E-state index in [0.29, 0.717) is 12.8 Å². The molecule has 16 heteroatoms. The monoisotopic (exact) mass is 1180 g/mol. The van der Waals surface area contributed by atoms with Crippen molar-refractivity contribution >= 4 is 29.8 Å². The molecule has 1 radical (unpaired) electrons. The first-order valence-corrected chi connectivity index (χ1v) is 24.0. The first kappa shape index (κ1) is 60.1. The number of aliphatic hydroxyl groups excluding tert-OH is 2. The number of hydrogen-bond donors (Lipinski definition) is 5. The fraction of sp³-hybridized carbons (Fsp3) is 0.642. The van der Waals surface area contributed by atoms with Crippen molar-refractivity contribution in [3.05, 3.63) is 84.1 Å². The molecule has 1 saturated heterocycles. The maximum absolute atomic E-state index is 15.1. The molecule has 11 atom stereocenters. The van der Waals surface area contributed by atoms with Crippen LogP contribution in [-0.4, -0.2) is 116 Å². The summed E-state index contributed by atoms with van der Waals surface area (Å²) >= 11 is 0. The molecule has 3 fully saturated rings. The van der Waals surface area contributed by atoms with Crippen LogP contribution >= 0.6 is 0 Å². The van der Waals surface area contributed by atoms with Crippen LogP contribution < -0.4 is 5.32 Å². The van der Waals surface area contributed by atoms with Gasteiger partial charge in [-0.25, -0.2) is 9.59 Å². The van der Waals surface area contributed by atoms with E-state index >= 15 is 4.79 Å². The van der Waals surface area contributed by atoms with Crippen LogP contribution in [0.25, 0.3) is 0 Å². The molecular weight excluding hydrogens is 1100 g/mol. The van der Waals surface area contributed by atoms with Gasteiger partial charge in [0, 0.05) is 81.6 Å². The van der Waals surface area contributed by atoms with Gasteiger partial charge in [-0.15, -0.1) is 0 Å². The Balaban J connectivity index is 0.0000126. The Bertz CT molecular complexity index is 2030. The summed E-state index contributed by atoms with van der Waals surface area (Å²) in [6, 6.07) is -1.20. The Kier molecular flexibility index (Phi) is 22.6. The van der Waals surface area contributed by atoms with E-state index < -0.39 is 112 Å². The van der Waals surface area contributed by atoms with Crippen molar-refractivity contribution in [1.82, 2.24) is 5.32 Å². The van der Waals surface area contributed by atoms with Gasteiger partial charge in [0.05, 0.1) is 24.2 Å². The Morgan fingerprint density at radius 2 is 1.38 bits per heavy atom. The number of aliphatic hydroxyl groups is 4. The molecule has 2 unspecified atom stereocenters. The minimum atomic E-state index is -2.28. The Morgan fingerprint density at radius 3 is 1.86 bits per heavy atom. The van der Waals surface area contributed by atoms with E-state index in [1.165, 1.54) is 20.8 Å². The number of carbonyl (C=O) groups is 5. The second kappa shape index (κ2) is 25.9. The smallest absolute Gasteiger partial charge is 0.407 e. The van der Waals surface area contributed by atoms with E-state index in [4.69, 9.17) is 23.7 Å². The molecule has 4 aliphatic rings. The fourth-order valence-electron chi connectivity index (χ4n) is 9.99. The van der Waals surface area contributed by atoms with E-state index in [9.17, 15) is 39.6 Å². The fourth-order valence-corrected chi connectivity index (χ4v) is 9.99. The maximum Gasteiger partial charge on any atom is 0.407 e. The van der Waals surface area contributed by atoms with E-state index in [2.05, 4.69) is 66.9 Å². The molecule has 0 aromatic carbocycles. The largest absolute Gasteiger partial charge is 0.461 e. The third kappa shape index (κ3) is 14.5. The van der Waals surface area contributed by atoms with E-state index in [1.54, 1.807) is 34.6 Å². The number of nitrogens with one attached hydrogen (secondary N) is 1. The molecule has 1 heterocycles. The van der Waals surface area contributed by atoms with E-state index in [1.807, 2.05) is 18.2 Å². The van der Waals surface area contributed by atoms with Gasteiger partial charge in [0.25, 0.3) is 0 Å². The number of esters is 3. The molecule has 69 heavy (non-hydrogen) atoms. The zero-order chi connectivity index (χ0) is 50.7. The van der Waals surface area contributed by atoms with Crippen molar-refractivity contribution in [3.63, 3.8) is 0 Å². The van der Waals surface area contributed by atoms with Gasteiger partial charge in [0.15, 0.2) is 11.9 Å². The molecule has 1 amide bonds. The number of rotatable bonds is 20. The van der Waals surface area contributed by atoms with Crippen LogP contribution in [0.3, 0.4) is 0 Å². The SMILES string of the molecule is CC/C=C\C/C=C\C/C=C\C/C=C\C/C=C\C/C=C\CCC(=O)O[C@H]1C[C@H]2OC[C@@]2(O)[C@H]2[C@H](OC(C)=O)[C@]3(O)CC(OC(=O)C(O)[C@H](C)NC(=O)OC(C)(C)C)C(C)=C([C@@H](O)C(=O)[C@]12C)C3(C)C.[Ac]. The van der Waals surface area contributed by atoms with Crippen molar-refractivity contribution in [2.24, 2.45) is 16.7 Å². The molecular formula is C53H77AcNO14. The van der Waals surface area contributed by atoms with Crippen LogP contribution in [0.1, 0.15) is 133 Å². The van der Waals surface area contributed by atoms with Gasteiger partial charge in [-0.05, 0) is 97.6 Å². The van der Waals surface area contributed by atoms with Crippen LogP contribution in [0.4, 0.5) is 4.79 Å². The predicted octanol–water partition coefficient (Wildman–Crippen LogP) is 7.07. The quantitative estimate of drug-likeness (QED) is 0.0467. The summed E-state index contributed by atoms with van der Waals surface area (Å²) in [6.07, 6.45) is 19.7. The first-order valence-electron chi connectivity index (χ1n) is 24.0. The number of alkyl carbamates (subject to hydrolysis) is 1. The molecule has 0 spiro atoms. The second-order valence-corrected chi connectivity index (χ2v) is 20.2. The minimum Gasteiger partial charge on any atom is -0.461 e. The van der Waals surface area contributed by atoms with Crippen molar-refractivity contribution in [2.75, 3.05) is 6.61 Å². The third-order valence-corrected chi connectivity index (χ3v) is 13.7. The van der Waals surface area contributed by atoms with Gasteiger partial charge >= 0.3 is 24.0 Å². The second-order valence-electron chi connectivity index (χ2n) is 20.2. The standard InChI is InChI=1S/C53H77NO14.Ac/c1-11-12-13-14-15-16-17-18-19-20-21-22-23-24-25-26-27-28-29-30-40(56)67-38-31-39-52(62,33-64-39)44-46(65-36(4)55)53(63)32-37(34(2)41(50(53,8)9)43(58)45(59)51(38,44)10)66-47(60)42(57)35(3)54-48(61)68-49(5,6)7;/h12-13,15-16,18-19,21-22,24-25,27-28,35,37-39,42-44,46,57-58,62-63H,11,14,17,20,23,26,29-33H2,1-10H3,(H,54,61);/b13-12-,16-15-,19-18-,22-21-,25-24-,28-27-;/t35-,37?,38-,39+,42?,43+,44-,46-,51+,52-,53+;/m0./s1. The van der Waals surface area contributed by atoms with Gasteiger partial charge in [0.2, 0.25) is 0 Å². The molecule has 4 rings (SSSR count). The molecule has 381 valence electrons. The third-order valence-electron chi connectivity index (χ3n) is 13.7. The first-order chi connectivity index (χ1) is 31.9. The molecule has 15 nitrogen and oxygen atoms in total. The van der Waals surface area contributed by atoms with Gasteiger partial charge in [-0.3, -0.25) is 14.4 Å². The predicted molar refractivity (Wildman–Crippen MR) is 256 cm³/mol. The number of allylic oxidation sites excluding steroid dienone is 12. The van der Waals surface area contributed by atoms with Crippen molar-refractivity contribution in [1.29, 1.82) is 0 Å². The van der Waals surface area contributed by atoms with Gasteiger partial charge in [0.1, 0.15) is 41.2 Å². The van der Waals surface area contributed by atoms with Crippen LogP contribution in [-0.2, 0) is 42.9 Å². The van der Waals surface area contributed by atoms with Crippen LogP contribution in [0.2, 0.25) is 0 Å². The topological polar surface area (TPSA) is 224 Å². The number of amides is 1. The molecule has 2 saturated carbocycles. The molecule has 1 aliphatic heterocycles. The maximum atomic E-state index is 15.1. The van der Waals surface area contributed by atoms with Crippen LogP contribution in [0.5, 0.6) is 0 Å². The van der Waals surface area contributed by atoms with E-state index in [0.717, 1.165) is 39.0 Å². The Labute approximate surface area is 444 Å². The van der Waals surface area contributed by atoms with Gasteiger partial charge in [-0.1, -0.05) is 93.7 Å². The molecule has 3 aliphatic carbocycles. The summed E-state index contributed by atoms with van der Waals surface area (Å²) in [5.74, 6) is -5.11. The van der Waals surface area contributed by atoms with Gasteiger partial charge in [-0.2, -0.15) is 0 Å². The normalized spacial score (nSPS) is 30.9. The number of hydrogen-bond acceptors (Lipinski definition) is 14. The summed E-state index contributed by atoms with van der Waals surface area (Å²) in [5.41, 5.74) is -8.46. The van der Waals surface area contributed by atoms with Crippen molar-refractivity contribution < 1.29 is 112 Å².